The molecule has 0 saturated carbocycles. The first-order valence-electron chi connectivity index (χ1n) is 11.7. The van der Waals surface area contributed by atoms with Crippen molar-refractivity contribution in [3.8, 4) is 0 Å². The van der Waals surface area contributed by atoms with Gasteiger partial charge in [0.2, 0.25) is 11.8 Å². The fourth-order valence-corrected chi connectivity index (χ4v) is 3.45. The summed E-state index contributed by atoms with van der Waals surface area (Å²) >= 11 is 0. The van der Waals surface area contributed by atoms with E-state index < -0.39 is 0 Å². The van der Waals surface area contributed by atoms with Gasteiger partial charge in [-0.25, -0.2) is 0 Å². The second-order valence-corrected chi connectivity index (χ2v) is 8.81. The second-order valence-electron chi connectivity index (χ2n) is 8.81. The molecule has 0 aliphatic carbocycles. The largest absolute Gasteiger partial charge is 0.376 e. The fraction of sp³-hybridized carbons (Fsp3) is 0.250. The van der Waals surface area contributed by atoms with Crippen LogP contribution in [0.1, 0.15) is 49.2 Å². The van der Waals surface area contributed by atoms with Crippen LogP contribution in [0.3, 0.4) is 0 Å². The van der Waals surface area contributed by atoms with Gasteiger partial charge >= 0.3 is 0 Å². The van der Waals surface area contributed by atoms with Crippen molar-refractivity contribution in [2.45, 2.75) is 33.2 Å². The summed E-state index contributed by atoms with van der Waals surface area (Å²) in [4.78, 5) is 36.7. The van der Waals surface area contributed by atoms with Crippen molar-refractivity contribution in [3.05, 3.63) is 90.0 Å². The SMILES string of the molecule is CC(C)CC(=O)Nc1ccc(NCC(=O)Nc2ccc(C(=O)NC(C)c3ccccc3)cc2)cc1. The van der Waals surface area contributed by atoms with E-state index in [2.05, 4.69) is 21.3 Å². The molecule has 7 heteroatoms. The molecule has 35 heavy (non-hydrogen) atoms. The van der Waals surface area contributed by atoms with Crippen LogP contribution in [0, 0.1) is 5.92 Å². The molecule has 182 valence electrons. The van der Waals surface area contributed by atoms with Crippen LogP contribution in [0.4, 0.5) is 17.1 Å². The van der Waals surface area contributed by atoms with E-state index in [1.54, 1.807) is 36.4 Å². The minimum atomic E-state index is -0.214. The smallest absolute Gasteiger partial charge is 0.251 e. The average molecular weight is 473 g/mol. The van der Waals surface area contributed by atoms with E-state index in [1.165, 1.54) is 0 Å². The summed E-state index contributed by atoms with van der Waals surface area (Å²) in [5.74, 6) is -0.112. The fourth-order valence-electron chi connectivity index (χ4n) is 3.45. The molecule has 3 aromatic rings. The van der Waals surface area contributed by atoms with Gasteiger partial charge in [-0.3, -0.25) is 14.4 Å². The highest BCUT2D eigenvalue weighted by Gasteiger charge is 2.12. The highest BCUT2D eigenvalue weighted by Crippen LogP contribution is 2.16. The standard InChI is InChI=1S/C28H32N4O3/c1-19(2)17-26(33)31-25-15-13-23(14-16-25)29-18-27(34)32-24-11-9-22(10-12-24)28(35)30-20(3)21-7-5-4-6-8-21/h4-16,19-20,29H,17-18H2,1-3H3,(H,30,35)(H,31,33)(H,32,34). The van der Waals surface area contributed by atoms with Gasteiger partial charge in [0.05, 0.1) is 12.6 Å². The Morgan fingerprint density at radius 1 is 0.686 bits per heavy atom. The van der Waals surface area contributed by atoms with Crippen molar-refractivity contribution in [2.75, 3.05) is 22.5 Å². The summed E-state index contributed by atoms with van der Waals surface area (Å²) in [6, 6.07) is 23.6. The van der Waals surface area contributed by atoms with Gasteiger partial charge < -0.3 is 21.3 Å². The number of carbonyl (C=O) groups excluding carboxylic acids is 3. The summed E-state index contributed by atoms with van der Waals surface area (Å²) in [6.07, 6.45) is 0.471. The molecule has 3 amide bonds. The number of rotatable bonds is 10. The zero-order chi connectivity index (χ0) is 25.2. The number of anilines is 3. The van der Waals surface area contributed by atoms with Crippen molar-refractivity contribution in [3.63, 3.8) is 0 Å². The number of carbonyl (C=O) groups is 3. The van der Waals surface area contributed by atoms with Gasteiger partial charge in [-0.15, -0.1) is 0 Å². The van der Waals surface area contributed by atoms with E-state index in [0.29, 0.717) is 29.3 Å². The summed E-state index contributed by atoms with van der Waals surface area (Å²) in [5, 5.41) is 11.7. The average Bonchev–Trinajstić information content (AvgIpc) is 2.84. The second kappa shape index (κ2) is 12.4. The monoisotopic (exact) mass is 472 g/mol. The zero-order valence-corrected chi connectivity index (χ0v) is 20.3. The maximum absolute atomic E-state index is 12.5. The third-order valence-corrected chi connectivity index (χ3v) is 5.29. The molecule has 3 rings (SSSR count). The molecule has 1 unspecified atom stereocenters. The van der Waals surface area contributed by atoms with Crippen LogP contribution in [0.5, 0.6) is 0 Å². The van der Waals surface area contributed by atoms with Crippen LogP contribution in [0.2, 0.25) is 0 Å². The maximum Gasteiger partial charge on any atom is 0.251 e. The van der Waals surface area contributed by atoms with Gasteiger partial charge in [0.1, 0.15) is 0 Å². The molecule has 1 atom stereocenters. The van der Waals surface area contributed by atoms with Crippen LogP contribution in [0.15, 0.2) is 78.9 Å². The number of nitrogens with one attached hydrogen (secondary N) is 4. The summed E-state index contributed by atoms with van der Waals surface area (Å²) in [6.45, 7) is 6.01. The van der Waals surface area contributed by atoms with E-state index in [9.17, 15) is 14.4 Å². The summed E-state index contributed by atoms with van der Waals surface area (Å²) < 4.78 is 0. The molecule has 0 aliphatic rings. The van der Waals surface area contributed by atoms with E-state index in [4.69, 9.17) is 0 Å². The topological polar surface area (TPSA) is 99.3 Å². The summed E-state index contributed by atoms with van der Waals surface area (Å²) in [7, 11) is 0. The van der Waals surface area contributed by atoms with E-state index in [-0.39, 0.29) is 30.3 Å². The molecule has 0 fully saturated rings. The predicted octanol–water partition coefficient (Wildman–Crippen LogP) is 5.21. The molecule has 4 N–H and O–H groups in total. The number of hydrogen-bond acceptors (Lipinski definition) is 4. The Morgan fingerprint density at radius 2 is 1.23 bits per heavy atom. The molecular weight excluding hydrogens is 440 g/mol. The molecule has 0 aromatic heterocycles. The first kappa shape index (κ1) is 25.5. The number of hydrogen-bond donors (Lipinski definition) is 4. The van der Waals surface area contributed by atoms with Gasteiger partial charge in [0.15, 0.2) is 0 Å². The molecule has 0 aliphatic heterocycles. The minimum Gasteiger partial charge on any atom is -0.376 e. The molecule has 0 saturated heterocycles. The normalized spacial score (nSPS) is 11.4. The molecular formula is C28H32N4O3. The van der Waals surface area contributed by atoms with Gasteiger partial charge in [-0.05, 0) is 66.9 Å². The minimum absolute atomic E-state index is 0.0192. The van der Waals surface area contributed by atoms with E-state index >= 15 is 0 Å². The quantitative estimate of drug-likeness (QED) is 0.325. The van der Waals surface area contributed by atoms with Gasteiger partial charge in [0.25, 0.3) is 5.91 Å². The Kier molecular flexibility index (Phi) is 9.01. The van der Waals surface area contributed by atoms with Crippen molar-refractivity contribution in [1.29, 1.82) is 0 Å². The zero-order valence-electron chi connectivity index (χ0n) is 20.3. The Balaban J connectivity index is 1.44. The van der Waals surface area contributed by atoms with Crippen molar-refractivity contribution in [1.82, 2.24) is 5.32 Å². The van der Waals surface area contributed by atoms with Crippen LogP contribution in [0.25, 0.3) is 0 Å². The Morgan fingerprint density at radius 3 is 1.83 bits per heavy atom. The lowest BCUT2D eigenvalue weighted by molar-refractivity contribution is -0.117. The van der Waals surface area contributed by atoms with Gasteiger partial charge in [0, 0.05) is 29.0 Å². The van der Waals surface area contributed by atoms with Gasteiger partial charge in [-0.2, -0.15) is 0 Å². The van der Waals surface area contributed by atoms with Crippen LogP contribution in [-0.4, -0.2) is 24.3 Å². The molecule has 0 heterocycles. The predicted molar refractivity (Wildman–Crippen MR) is 140 cm³/mol. The lowest BCUT2D eigenvalue weighted by Crippen LogP contribution is -2.26. The van der Waals surface area contributed by atoms with Crippen molar-refractivity contribution >= 4 is 34.8 Å². The van der Waals surface area contributed by atoms with Crippen LogP contribution < -0.4 is 21.3 Å². The third kappa shape index (κ3) is 8.30. The molecule has 7 nitrogen and oxygen atoms in total. The third-order valence-electron chi connectivity index (χ3n) is 5.29. The lowest BCUT2D eigenvalue weighted by atomic mass is 10.1. The molecule has 0 radical (unpaired) electrons. The van der Waals surface area contributed by atoms with Crippen molar-refractivity contribution in [2.24, 2.45) is 5.92 Å². The highest BCUT2D eigenvalue weighted by molar-refractivity contribution is 5.97. The van der Waals surface area contributed by atoms with Crippen LogP contribution in [-0.2, 0) is 9.59 Å². The Labute approximate surface area is 206 Å². The number of amides is 3. The van der Waals surface area contributed by atoms with E-state index in [1.807, 2.05) is 63.2 Å². The maximum atomic E-state index is 12.5. The first-order chi connectivity index (χ1) is 16.8. The lowest BCUT2D eigenvalue weighted by Gasteiger charge is -2.14. The highest BCUT2D eigenvalue weighted by atomic mass is 16.2. The van der Waals surface area contributed by atoms with Gasteiger partial charge in [-0.1, -0.05) is 44.2 Å². The summed E-state index contributed by atoms with van der Waals surface area (Å²) in [5.41, 5.74) is 3.63. The van der Waals surface area contributed by atoms with Crippen LogP contribution >= 0.6 is 0 Å². The molecule has 0 spiro atoms. The Hall–Kier alpha value is -4.13. The first-order valence-corrected chi connectivity index (χ1v) is 11.7. The van der Waals surface area contributed by atoms with Crippen molar-refractivity contribution < 1.29 is 14.4 Å². The molecule has 0 bridgehead atoms. The number of benzene rings is 3. The van der Waals surface area contributed by atoms with E-state index in [0.717, 1.165) is 11.3 Å². The molecule has 3 aromatic carbocycles. The Bertz CT molecular complexity index is 1130.